The maximum absolute atomic E-state index is 12.3. The molecule has 0 aromatic heterocycles. The fourth-order valence-electron chi connectivity index (χ4n) is 1.37. The third-order valence-corrected chi connectivity index (χ3v) is 10.4. The first-order valence-electron chi connectivity index (χ1n) is 8.16. The van der Waals surface area contributed by atoms with Gasteiger partial charge >= 0.3 is 0 Å². The van der Waals surface area contributed by atoms with E-state index in [0.717, 1.165) is 0 Å². The molecule has 0 radical (unpaired) electrons. The fraction of sp³-hybridized carbons (Fsp3) is 0.882. The monoisotopic (exact) mass is 343 g/mol. The summed E-state index contributed by atoms with van der Waals surface area (Å²) >= 11 is -1.13. The summed E-state index contributed by atoms with van der Waals surface area (Å²) in [6.45, 7) is 17.6. The molecule has 22 heavy (non-hydrogen) atoms. The predicted octanol–water partition coefficient (Wildman–Crippen LogP) is 3.84. The zero-order valence-electron chi connectivity index (χ0n) is 15.5. The van der Waals surface area contributed by atoms with Crippen molar-refractivity contribution in [1.29, 1.82) is 0 Å². The van der Waals surface area contributed by atoms with Crippen LogP contribution in [0.5, 0.6) is 0 Å². The fourth-order valence-corrected chi connectivity index (χ4v) is 3.12. The van der Waals surface area contributed by atoms with Gasteiger partial charge in [0.1, 0.15) is 10.8 Å². The standard InChI is InChI=1S/C17H33NO2SSi/c1-16(2,3)21(19)18-15(12-11-14-9-10-14)13-20-22(7,8)17(4,5)6/h14-15,18H,9-10,13H2,1-8H3/t15-,21?/m0/s1. The van der Waals surface area contributed by atoms with Crippen LogP contribution in [0, 0.1) is 17.8 Å². The quantitative estimate of drug-likeness (QED) is 0.468. The molecule has 1 unspecified atom stereocenters. The highest BCUT2D eigenvalue weighted by molar-refractivity contribution is 7.90. The maximum atomic E-state index is 12.3. The predicted molar refractivity (Wildman–Crippen MR) is 98.5 cm³/mol. The van der Waals surface area contributed by atoms with E-state index < -0.39 is 19.7 Å². The molecule has 0 aliphatic heterocycles. The summed E-state index contributed by atoms with van der Waals surface area (Å²) in [5.41, 5.74) is 0. The second-order valence-electron chi connectivity index (χ2n) is 8.69. The normalized spacial score (nSPS) is 19.3. The lowest BCUT2D eigenvalue weighted by atomic mass is 10.2. The molecule has 128 valence electrons. The van der Waals surface area contributed by atoms with Gasteiger partial charge in [0.05, 0.1) is 6.61 Å². The molecule has 1 N–H and O–H groups in total. The number of hydrogen-bond donors (Lipinski definition) is 1. The molecule has 0 aromatic carbocycles. The Hall–Kier alpha value is 0.00688. The Kier molecular flexibility index (Phi) is 6.63. The molecular formula is C17H33NO2SSi. The van der Waals surface area contributed by atoms with E-state index >= 15 is 0 Å². The molecule has 1 rings (SSSR count). The van der Waals surface area contributed by atoms with E-state index in [4.69, 9.17) is 4.43 Å². The van der Waals surface area contributed by atoms with E-state index in [-0.39, 0.29) is 15.8 Å². The van der Waals surface area contributed by atoms with E-state index in [2.05, 4.69) is 50.4 Å². The largest absolute Gasteiger partial charge is 0.598 e. The van der Waals surface area contributed by atoms with Crippen molar-refractivity contribution in [2.45, 2.75) is 83.3 Å². The summed E-state index contributed by atoms with van der Waals surface area (Å²) in [5, 5.41) is 0.171. The molecule has 0 amide bonds. The van der Waals surface area contributed by atoms with Gasteiger partial charge < -0.3 is 8.98 Å². The average molecular weight is 344 g/mol. The van der Waals surface area contributed by atoms with Crippen LogP contribution in [0.4, 0.5) is 0 Å². The molecule has 1 fully saturated rings. The summed E-state index contributed by atoms with van der Waals surface area (Å²) in [6.07, 6.45) is 2.40. The molecule has 0 spiro atoms. The summed E-state index contributed by atoms with van der Waals surface area (Å²) in [6, 6.07) is -0.158. The van der Waals surface area contributed by atoms with Crippen molar-refractivity contribution in [2.75, 3.05) is 6.61 Å². The van der Waals surface area contributed by atoms with Crippen molar-refractivity contribution in [3.8, 4) is 11.8 Å². The van der Waals surface area contributed by atoms with Crippen molar-refractivity contribution in [3.63, 3.8) is 0 Å². The van der Waals surface area contributed by atoms with E-state index in [9.17, 15) is 4.55 Å². The van der Waals surface area contributed by atoms with E-state index in [1.165, 1.54) is 12.8 Å². The second kappa shape index (κ2) is 7.27. The summed E-state index contributed by atoms with van der Waals surface area (Å²) in [7, 11) is -1.81. The lowest BCUT2D eigenvalue weighted by Crippen LogP contribution is -2.49. The Bertz CT molecular complexity index is 425. The van der Waals surface area contributed by atoms with E-state index in [1.54, 1.807) is 0 Å². The topological polar surface area (TPSA) is 44.3 Å². The van der Waals surface area contributed by atoms with Crippen molar-refractivity contribution >= 4 is 19.7 Å². The van der Waals surface area contributed by atoms with Crippen LogP contribution in [-0.4, -0.2) is 30.3 Å². The van der Waals surface area contributed by atoms with Crippen molar-refractivity contribution in [3.05, 3.63) is 0 Å². The van der Waals surface area contributed by atoms with Crippen LogP contribution < -0.4 is 4.72 Å². The Labute approximate surface area is 141 Å². The lowest BCUT2D eigenvalue weighted by Gasteiger charge is -2.37. The molecule has 1 saturated carbocycles. The van der Waals surface area contributed by atoms with Crippen molar-refractivity contribution in [2.24, 2.45) is 5.92 Å². The van der Waals surface area contributed by atoms with Crippen LogP contribution in [0.15, 0.2) is 0 Å². The second-order valence-corrected chi connectivity index (χ2v) is 15.5. The molecule has 2 atom stereocenters. The summed E-state index contributed by atoms with van der Waals surface area (Å²) in [4.78, 5) is 0. The summed E-state index contributed by atoms with van der Waals surface area (Å²) in [5.74, 6) is 7.07. The van der Waals surface area contributed by atoms with Crippen LogP contribution >= 0.6 is 0 Å². The Morgan fingerprint density at radius 2 is 1.77 bits per heavy atom. The van der Waals surface area contributed by atoms with Gasteiger partial charge in [-0.1, -0.05) is 32.6 Å². The molecule has 0 aromatic rings. The zero-order chi connectivity index (χ0) is 17.2. The van der Waals surface area contributed by atoms with Crippen molar-refractivity contribution < 1.29 is 8.98 Å². The van der Waals surface area contributed by atoms with Crippen LogP contribution in [0.3, 0.4) is 0 Å². The van der Waals surface area contributed by atoms with E-state index in [1.807, 2.05) is 20.8 Å². The van der Waals surface area contributed by atoms with Gasteiger partial charge in [-0.2, -0.15) is 0 Å². The minimum Gasteiger partial charge on any atom is -0.598 e. The number of nitrogens with one attached hydrogen (secondary N) is 1. The number of rotatable bonds is 5. The van der Waals surface area contributed by atoms with Gasteiger partial charge in [0.15, 0.2) is 8.32 Å². The highest BCUT2D eigenvalue weighted by atomic mass is 32.2. The highest BCUT2D eigenvalue weighted by Gasteiger charge is 2.38. The Balaban J connectivity index is 2.69. The molecule has 0 bridgehead atoms. The first-order valence-corrected chi connectivity index (χ1v) is 12.2. The minimum atomic E-state index is -1.81. The van der Waals surface area contributed by atoms with Crippen LogP contribution in [0.2, 0.25) is 18.1 Å². The van der Waals surface area contributed by atoms with Gasteiger partial charge in [0.25, 0.3) is 0 Å². The molecule has 3 nitrogen and oxygen atoms in total. The SMILES string of the molecule is CC(C)(C)[S+]([O-])N[C@@H](C#CC1CC1)CO[Si](C)(C)C(C)(C)C. The molecular weight excluding hydrogens is 310 g/mol. The van der Waals surface area contributed by atoms with Gasteiger partial charge in [-0.25, -0.2) is 0 Å². The molecule has 5 heteroatoms. The smallest absolute Gasteiger partial charge is 0.192 e. The molecule has 0 saturated heterocycles. The Morgan fingerprint density at radius 3 is 2.18 bits per heavy atom. The molecule has 0 heterocycles. The third kappa shape index (κ3) is 6.63. The van der Waals surface area contributed by atoms with Crippen LogP contribution in [0.1, 0.15) is 54.4 Å². The van der Waals surface area contributed by atoms with Crippen molar-refractivity contribution in [1.82, 2.24) is 4.72 Å². The maximum Gasteiger partial charge on any atom is 0.192 e. The van der Waals surface area contributed by atoms with Gasteiger partial charge in [-0.3, -0.25) is 0 Å². The van der Waals surface area contributed by atoms with Gasteiger partial charge in [0.2, 0.25) is 0 Å². The average Bonchev–Trinajstić information content (AvgIpc) is 3.13. The first kappa shape index (κ1) is 20.1. The third-order valence-electron chi connectivity index (χ3n) is 4.26. The molecule has 1 aliphatic carbocycles. The van der Waals surface area contributed by atoms with Gasteiger partial charge in [-0.05, 0) is 51.7 Å². The van der Waals surface area contributed by atoms with E-state index in [0.29, 0.717) is 12.5 Å². The van der Waals surface area contributed by atoms with Crippen LogP contribution in [0.25, 0.3) is 0 Å². The van der Waals surface area contributed by atoms with Crippen LogP contribution in [-0.2, 0) is 15.8 Å². The lowest BCUT2D eigenvalue weighted by molar-refractivity contribution is 0.274. The first-order chi connectivity index (χ1) is 9.83. The van der Waals surface area contributed by atoms with Gasteiger partial charge in [0, 0.05) is 17.3 Å². The zero-order valence-corrected chi connectivity index (χ0v) is 17.3. The summed E-state index contributed by atoms with van der Waals surface area (Å²) < 4.78 is 21.5. The minimum absolute atomic E-state index is 0.158. The highest BCUT2D eigenvalue weighted by Crippen LogP contribution is 2.36. The Morgan fingerprint density at radius 1 is 1.23 bits per heavy atom. The number of hydrogen-bond acceptors (Lipinski definition) is 3. The molecule has 1 aliphatic rings. The van der Waals surface area contributed by atoms with Gasteiger partial charge in [-0.15, -0.1) is 4.72 Å².